The van der Waals surface area contributed by atoms with Gasteiger partial charge in [-0.1, -0.05) is 6.92 Å². The van der Waals surface area contributed by atoms with Gasteiger partial charge in [-0.15, -0.1) is 0 Å². The molecule has 0 aliphatic carbocycles. The Kier molecular flexibility index (Phi) is 5.21. The molecule has 2 amide bonds. The molecule has 0 bridgehead atoms. The third-order valence-corrected chi connectivity index (χ3v) is 2.98. The number of rotatable bonds is 5. The van der Waals surface area contributed by atoms with Crippen molar-refractivity contribution in [3.63, 3.8) is 0 Å². The third-order valence-electron chi connectivity index (χ3n) is 2.98. The highest BCUT2D eigenvalue weighted by molar-refractivity contribution is 5.76. The van der Waals surface area contributed by atoms with Gasteiger partial charge in [0.15, 0.2) is 0 Å². The lowest BCUT2D eigenvalue weighted by Gasteiger charge is -2.18. The number of hydrogen-bond donors (Lipinski definition) is 3. The number of nitrogens with one attached hydrogen (secondary N) is 2. The van der Waals surface area contributed by atoms with Gasteiger partial charge in [-0.05, 0) is 26.4 Å². The van der Waals surface area contributed by atoms with Crippen LogP contribution in [0.15, 0.2) is 0 Å². The number of hydrogen-bond acceptors (Lipinski definition) is 3. The fraction of sp³-hybridized carbons (Fsp3) is 0.818. The van der Waals surface area contributed by atoms with E-state index in [1.54, 1.807) is 0 Å². The van der Waals surface area contributed by atoms with Crippen LogP contribution < -0.4 is 10.6 Å². The maximum Gasteiger partial charge on any atom is 0.315 e. The van der Waals surface area contributed by atoms with Crippen molar-refractivity contribution in [1.29, 1.82) is 0 Å². The van der Waals surface area contributed by atoms with Gasteiger partial charge < -0.3 is 20.6 Å². The van der Waals surface area contributed by atoms with Crippen LogP contribution in [0.1, 0.15) is 26.2 Å². The number of carboxylic acids is 1. The lowest BCUT2D eigenvalue weighted by Crippen LogP contribution is -2.47. The van der Waals surface area contributed by atoms with Crippen molar-refractivity contribution in [2.24, 2.45) is 0 Å². The Morgan fingerprint density at radius 3 is 2.71 bits per heavy atom. The fourth-order valence-corrected chi connectivity index (χ4v) is 1.97. The summed E-state index contributed by atoms with van der Waals surface area (Å²) in [5.74, 6) is -0.891. The maximum absolute atomic E-state index is 11.6. The Balaban J connectivity index is 2.29. The molecule has 1 saturated heterocycles. The molecule has 1 heterocycles. The summed E-state index contributed by atoms with van der Waals surface area (Å²) in [7, 11) is 2.01. The van der Waals surface area contributed by atoms with Gasteiger partial charge in [0.25, 0.3) is 0 Å². The molecule has 1 aliphatic heterocycles. The van der Waals surface area contributed by atoms with E-state index >= 15 is 0 Å². The minimum absolute atomic E-state index is 0.0332. The fourth-order valence-electron chi connectivity index (χ4n) is 1.97. The first-order valence-corrected chi connectivity index (χ1v) is 5.98. The Morgan fingerprint density at radius 1 is 1.53 bits per heavy atom. The molecule has 1 fully saturated rings. The van der Waals surface area contributed by atoms with Crippen molar-refractivity contribution in [3.05, 3.63) is 0 Å². The van der Waals surface area contributed by atoms with Gasteiger partial charge in [0.2, 0.25) is 0 Å². The summed E-state index contributed by atoms with van der Waals surface area (Å²) < 4.78 is 0. The first-order valence-electron chi connectivity index (χ1n) is 5.98. The standard InChI is InChI=1S/C11H21N3O3/c1-3-8(6-10(15)16)12-11(17)13-9-4-5-14(2)7-9/h8-9H,3-7H2,1-2H3,(H,15,16)(H2,12,13,17). The van der Waals surface area contributed by atoms with Crippen LogP contribution in [0.4, 0.5) is 4.79 Å². The van der Waals surface area contributed by atoms with E-state index in [1.807, 2.05) is 14.0 Å². The predicted octanol–water partition coefficient (Wildman–Crippen LogP) is 0.243. The minimum atomic E-state index is -0.891. The molecule has 0 spiro atoms. The first kappa shape index (κ1) is 13.8. The lowest BCUT2D eigenvalue weighted by atomic mass is 10.1. The normalized spacial score (nSPS) is 22.1. The average Bonchev–Trinajstić information content (AvgIpc) is 2.62. The molecule has 6 nitrogen and oxygen atoms in total. The summed E-state index contributed by atoms with van der Waals surface area (Å²) in [6.07, 6.45) is 1.53. The molecule has 0 aromatic heterocycles. The van der Waals surface area contributed by atoms with E-state index in [1.165, 1.54) is 0 Å². The van der Waals surface area contributed by atoms with Crippen LogP contribution in [0.25, 0.3) is 0 Å². The van der Waals surface area contributed by atoms with Gasteiger partial charge in [0.05, 0.1) is 6.42 Å². The number of nitrogens with zero attached hydrogens (tertiary/aromatic N) is 1. The van der Waals surface area contributed by atoms with Gasteiger partial charge in [-0.3, -0.25) is 4.79 Å². The number of carbonyl (C=O) groups excluding carboxylic acids is 1. The van der Waals surface area contributed by atoms with Gasteiger partial charge in [0, 0.05) is 18.6 Å². The van der Waals surface area contributed by atoms with E-state index in [9.17, 15) is 9.59 Å². The lowest BCUT2D eigenvalue weighted by molar-refractivity contribution is -0.137. The zero-order valence-corrected chi connectivity index (χ0v) is 10.4. The number of likely N-dealkylation sites (tertiary alicyclic amines) is 1. The van der Waals surface area contributed by atoms with Crippen molar-refractivity contribution < 1.29 is 14.7 Å². The molecule has 17 heavy (non-hydrogen) atoms. The Labute approximate surface area is 101 Å². The van der Waals surface area contributed by atoms with Crippen molar-refractivity contribution in [3.8, 4) is 0 Å². The molecule has 98 valence electrons. The molecule has 0 radical (unpaired) electrons. The van der Waals surface area contributed by atoms with Crippen LogP contribution in [0, 0.1) is 0 Å². The van der Waals surface area contributed by atoms with E-state index in [2.05, 4.69) is 15.5 Å². The topological polar surface area (TPSA) is 81.7 Å². The largest absolute Gasteiger partial charge is 0.481 e. The molecule has 1 rings (SSSR count). The average molecular weight is 243 g/mol. The number of carbonyl (C=O) groups is 2. The smallest absolute Gasteiger partial charge is 0.315 e. The molecule has 0 saturated carbocycles. The number of aliphatic carboxylic acids is 1. The van der Waals surface area contributed by atoms with Crippen LogP contribution in [-0.4, -0.2) is 54.2 Å². The maximum atomic E-state index is 11.6. The molecule has 0 aromatic rings. The van der Waals surface area contributed by atoms with Crippen LogP contribution in [-0.2, 0) is 4.79 Å². The summed E-state index contributed by atoms with van der Waals surface area (Å²) in [5.41, 5.74) is 0. The number of likely N-dealkylation sites (N-methyl/N-ethyl adjacent to an activating group) is 1. The molecule has 3 N–H and O–H groups in total. The van der Waals surface area contributed by atoms with Crippen molar-refractivity contribution in [1.82, 2.24) is 15.5 Å². The quantitative estimate of drug-likeness (QED) is 0.646. The Hall–Kier alpha value is -1.30. The third kappa shape index (κ3) is 5.04. The highest BCUT2D eigenvalue weighted by Crippen LogP contribution is 2.06. The van der Waals surface area contributed by atoms with Crippen LogP contribution in [0.3, 0.4) is 0 Å². The predicted molar refractivity (Wildman–Crippen MR) is 63.9 cm³/mol. The van der Waals surface area contributed by atoms with Crippen LogP contribution in [0.2, 0.25) is 0 Å². The van der Waals surface area contributed by atoms with Gasteiger partial charge in [-0.2, -0.15) is 0 Å². The highest BCUT2D eigenvalue weighted by Gasteiger charge is 2.22. The summed E-state index contributed by atoms with van der Waals surface area (Å²) in [6.45, 7) is 3.69. The monoisotopic (exact) mass is 243 g/mol. The van der Waals surface area contributed by atoms with Gasteiger partial charge in [0.1, 0.15) is 0 Å². The highest BCUT2D eigenvalue weighted by atomic mass is 16.4. The van der Waals surface area contributed by atoms with E-state index < -0.39 is 5.97 Å². The Bertz CT molecular complexity index is 283. The Morgan fingerprint density at radius 2 is 2.24 bits per heavy atom. The number of carboxylic acid groups (broad SMARTS) is 1. The van der Waals surface area contributed by atoms with E-state index in [0.29, 0.717) is 6.42 Å². The molecule has 2 unspecified atom stereocenters. The second kappa shape index (κ2) is 6.44. The minimum Gasteiger partial charge on any atom is -0.481 e. The van der Waals surface area contributed by atoms with E-state index in [0.717, 1.165) is 19.5 Å². The number of urea groups is 1. The SMILES string of the molecule is CCC(CC(=O)O)NC(=O)NC1CCN(C)C1. The zero-order valence-electron chi connectivity index (χ0n) is 10.4. The van der Waals surface area contributed by atoms with Crippen molar-refractivity contribution >= 4 is 12.0 Å². The van der Waals surface area contributed by atoms with Crippen LogP contribution in [0.5, 0.6) is 0 Å². The summed E-state index contributed by atoms with van der Waals surface area (Å²) in [4.78, 5) is 24.3. The zero-order chi connectivity index (χ0) is 12.8. The van der Waals surface area contributed by atoms with E-state index in [4.69, 9.17) is 5.11 Å². The summed E-state index contributed by atoms with van der Waals surface area (Å²) >= 11 is 0. The van der Waals surface area contributed by atoms with E-state index in [-0.39, 0.29) is 24.5 Å². The van der Waals surface area contributed by atoms with Gasteiger partial charge >= 0.3 is 12.0 Å². The van der Waals surface area contributed by atoms with Crippen molar-refractivity contribution in [2.45, 2.75) is 38.3 Å². The van der Waals surface area contributed by atoms with Gasteiger partial charge in [-0.25, -0.2) is 4.79 Å². The molecule has 0 aromatic carbocycles. The summed E-state index contributed by atoms with van der Waals surface area (Å²) in [6, 6.07) is -0.396. The molecule has 2 atom stereocenters. The molecule has 6 heteroatoms. The molecule has 1 aliphatic rings. The number of amides is 2. The first-order chi connectivity index (χ1) is 8.01. The summed E-state index contributed by atoms with van der Waals surface area (Å²) in [5, 5.41) is 14.2. The van der Waals surface area contributed by atoms with Crippen LogP contribution >= 0.6 is 0 Å². The molecular formula is C11H21N3O3. The second-order valence-corrected chi connectivity index (χ2v) is 4.57. The second-order valence-electron chi connectivity index (χ2n) is 4.57. The molecular weight excluding hydrogens is 222 g/mol. The van der Waals surface area contributed by atoms with Crippen molar-refractivity contribution in [2.75, 3.05) is 20.1 Å².